The Balaban J connectivity index is 2.96. The van der Waals surface area contributed by atoms with Crippen molar-refractivity contribution in [2.24, 2.45) is 0 Å². The number of hydrogen-bond donors (Lipinski definition) is 0. The van der Waals surface area contributed by atoms with E-state index in [1.807, 2.05) is 22.6 Å². The van der Waals surface area contributed by atoms with Gasteiger partial charge in [0.05, 0.1) is 5.92 Å². The molecule has 72 valence electrons. The SMILES string of the molecule is CC(c1cccc(I)c1)C(F)(F)F. The lowest BCUT2D eigenvalue weighted by atomic mass is 10.0. The third kappa shape index (κ3) is 2.86. The largest absolute Gasteiger partial charge is 0.395 e. The van der Waals surface area contributed by atoms with Gasteiger partial charge in [-0.1, -0.05) is 12.1 Å². The quantitative estimate of drug-likeness (QED) is 0.689. The first kappa shape index (κ1) is 10.8. The monoisotopic (exact) mass is 300 g/mol. The van der Waals surface area contributed by atoms with Gasteiger partial charge in [0.25, 0.3) is 0 Å². The van der Waals surface area contributed by atoms with Gasteiger partial charge in [-0.05, 0) is 47.2 Å². The smallest absolute Gasteiger partial charge is 0.170 e. The highest BCUT2D eigenvalue weighted by Crippen LogP contribution is 2.34. The molecule has 0 radical (unpaired) electrons. The van der Waals surface area contributed by atoms with Gasteiger partial charge in [-0.25, -0.2) is 0 Å². The van der Waals surface area contributed by atoms with Crippen LogP contribution in [0.1, 0.15) is 18.4 Å². The average Bonchev–Trinajstić information content (AvgIpc) is 2.01. The molecule has 0 saturated carbocycles. The Labute approximate surface area is 88.3 Å². The normalized spacial score (nSPS) is 14.2. The summed E-state index contributed by atoms with van der Waals surface area (Å²) in [7, 11) is 0. The second-order valence-corrected chi connectivity index (χ2v) is 4.06. The van der Waals surface area contributed by atoms with Gasteiger partial charge in [0.15, 0.2) is 0 Å². The highest BCUT2D eigenvalue weighted by molar-refractivity contribution is 14.1. The van der Waals surface area contributed by atoms with Crippen molar-refractivity contribution in [2.45, 2.75) is 19.0 Å². The molecule has 1 atom stereocenters. The molecule has 0 aromatic heterocycles. The summed E-state index contributed by atoms with van der Waals surface area (Å²) in [6, 6.07) is 6.46. The van der Waals surface area contributed by atoms with E-state index in [1.165, 1.54) is 13.0 Å². The molecular formula is C9H8F3I. The van der Waals surface area contributed by atoms with Crippen molar-refractivity contribution in [3.63, 3.8) is 0 Å². The van der Waals surface area contributed by atoms with Crippen molar-refractivity contribution in [2.75, 3.05) is 0 Å². The summed E-state index contributed by atoms with van der Waals surface area (Å²) in [5.41, 5.74) is 0.319. The van der Waals surface area contributed by atoms with Gasteiger partial charge in [0, 0.05) is 3.57 Å². The molecule has 0 bridgehead atoms. The predicted octanol–water partition coefficient (Wildman–Crippen LogP) is 3.96. The molecule has 0 amide bonds. The Morgan fingerprint density at radius 2 is 1.92 bits per heavy atom. The molecule has 1 aromatic rings. The Morgan fingerprint density at radius 3 is 2.38 bits per heavy atom. The maximum Gasteiger partial charge on any atom is 0.395 e. The first-order valence-electron chi connectivity index (χ1n) is 3.73. The van der Waals surface area contributed by atoms with Gasteiger partial charge in [-0.3, -0.25) is 0 Å². The fraction of sp³-hybridized carbons (Fsp3) is 0.333. The fourth-order valence-electron chi connectivity index (χ4n) is 0.965. The van der Waals surface area contributed by atoms with Crippen LogP contribution in [0, 0.1) is 3.57 Å². The topological polar surface area (TPSA) is 0 Å². The molecule has 0 N–H and O–H groups in total. The van der Waals surface area contributed by atoms with Crippen LogP contribution in [0.25, 0.3) is 0 Å². The number of rotatable bonds is 1. The van der Waals surface area contributed by atoms with Gasteiger partial charge >= 0.3 is 6.18 Å². The Morgan fingerprint density at radius 1 is 1.31 bits per heavy atom. The summed E-state index contributed by atoms with van der Waals surface area (Å²) in [4.78, 5) is 0. The zero-order valence-electron chi connectivity index (χ0n) is 6.90. The predicted molar refractivity (Wildman–Crippen MR) is 53.6 cm³/mol. The zero-order valence-corrected chi connectivity index (χ0v) is 9.06. The van der Waals surface area contributed by atoms with Crippen LogP contribution in [-0.2, 0) is 0 Å². The molecule has 1 rings (SSSR count). The van der Waals surface area contributed by atoms with Crippen LogP contribution >= 0.6 is 22.6 Å². The Kier molecular flexibility index (Phi) is 3.21. The van der Waals surface area contributed by atoms with Crippen molar-refractivity contribution < 1.29 is 13.2 Å². The number of benzene rings is 1. The van der Waals surface area contributed by atoms with Crippen LogP contribution in [0.3, 0.4) is 0 Å². The Bertz CT molecular complexity index is 293. The highest BCUT2D eigenvalue weighted by Gasteiger charge is 2.36. The van der Waals surface area contributed by atoms with E-state index in [0.29, 0.717) is 5.56 Å². The number of alkyl halides is 3. The summed E-state index contributed by atoms with van der Waals surface area (Å²) in [5.74, 6) is -1.39. The van der Waals surface area contributed by atoms with Crippen molar-refractivity contribution in [3.05, 3.63) is 33.4 Å². The zero-order chi connectivity index (χ0) is 10.1. The van der Waals surface area contributed by atoms with Crippen LogP contribution in [0.2, 0.25) is 0 Å². The van der Waals surface area contributed by atoms with E-state index in [1.54, 1.807) is 18.2 Å². The number of hydrogen-bond acceptors (Lipinski definition) is 0. The van der Waals surface area contributed by atoms with Crippen molar-refractivity contribution in [3.8, 4) is 0 Å². The summed E-state index contributed by atoms with van der Waals surface area (Å²) >= 11 is 2.00. The summed E-state index contributed by atoms with van der Waals surface area (Å²) in [6.07, 6.45) is -4.15. The second-order valence-electron chi connectivity index (χ2n) is 2.82. The molecule has 4 heteroatoms. The molecule has 1 aromatic carbocycles. The van der Waals surface area contributed by atoms with E-state index >= 15 is 0 Å². The molecule has 0 heterocycles. The van der Waals surface area contributed by atoms with E-state index in [-0.39, 0.29) is 0 Å². The third-order valence-corrected chi connectivity index (χ3v) is 2.51. The second kappa shape index (κ2) is 3.86. The van der Waals surface area contributed by atoms with Gasteiger partial charge in [0.1, 0.15) is 0 Å². The van der Waals surface area contributed by atoms with E-state index < -0.39 is 12.1 Å². The lowest BCUT2D eigenvalue weighted by Crippen LogP contribution is -2.17. The lowest BCUT2D eigenvalue weighted by Gasteiger charge is -2.15. The van der Waals surface area contributed by atoms with Crippen molar-refractivity contribution in [1.82, 2.24) is 0 Å². The van der Waals surface area contributed by atoms with Gasteiger partial charge < -0.3 is 0 Å². The van der Waals surface area contributed by atoms with Gasteiger partial charge in [-0.2, -0.15) is 13.2 Å². The van der Waals surface area contributed by atoms with Crippen LogP contribution in [0.15, 0.2) is 24.3 Å². The van der Waals surface area contributed by atoms with Crippen LogP contribution < -0.4 is 0 Å². The molecule has 13 heavy (non-hydrogen) atoms. The molecule has 0 saturated heterocycles. The van der Waals surface area contributed by atoms with E-state index in [2.05, 4.69) is 0 Å². The molecular weight excluding hydrogens is 292 g/mol. The minimum absolute atomic E-state index is 0.319. The molecule has 0 fully saturated rings. The first-order valence-corrected chi connectivity index (χ1v) is 4.81. The minimum Gasteiger partial charge on any atom is -0.170 e. The summed E-state index contributed by atoms with van der Waals surface area (Å²) < 4.78 is 37.6. The van der Waals surface area contributed by atoms with Gasteiger partial charge in [0.2, 0.25) is 0 Å². The lowest BCUT2D eigenvalue weighted by molar-refractivity contribution is -0.146. The summed E-state index contributed by atoms with van der Waals surface area (Å²) in [5, 5.41) is 0. The standard InChI is InChI=1S/C9H8F3I/c1-6(9(10,11)12)7-3-2-4-8(13)5-7/h2-6H,1H3. The van der Waals surface area contributed by atoms with E-state index in [9.17, 15) is 13.2 Å². The maximum atomic E-state index is 12.3. The molecule has 1 unspecified atom stereocenters. The minimum atomic E-state index is -4.15. The third-order valence-electron chi connectivity index (χ3n) is 1.84. The molecule has 0 aliphatic rings. The maximum absolute atomic E-state index is 12.3. The van der Waals surface area contributed by atoms with Crippen LogP contribution in [0.5, 0.6) is 0 Å². The molecule has 0 aliphatic carbocycles. The highest BCUT2D eigenvalue weighted by atomic mass is 127. The van der Waals surface area contributed by atoms with Crippen LogP contribution in [-0.4, -0.2) is 6.18 Å². The van der Waals surface area contributed by atoms with Crippen molar-refractivity contribution in [1.29, 1.82) is 0 Å². The Hall–Kier alpha value is -0.260. The van der Waals surface area contributed by atoms with E-state index in [4.69, 9.17) is 0 Å². The van der Waals surface area contributed by atoms with Gasteiger partial charge in [-0.15, -0.1) is 0 Å². The fourth-order valence-corrected chi connectivity index (χ4v) is 1.53. The van der Waals surface area contributed by atoms with Crippen LogP contribution in [0.4, 0.5) is 13.2 Å². The molecule has 0 spiro atoms. The van der Waals surface area contributed by atoms with E-state index in [0.717, 1.165) is 3.57 Å². The average molecular weight is 300 g/mol. The molecule has 0 aliphatic heterocycles. The molecule has 0 nitrogen and oxygen atoms in total. The summed E-state index contributed by atoms with van der Waals surface area (Å²) in [6.45, 7) is 1.17. The first-order chi connectivity index (χ1) is 5.91. The van der Waals surface area contributed by atoms with Crippen molar-refractivity contribution >= 4 is 22.6 Å². The number of halogens is 4.